The van der Waals surface area contributed by atoms with Crippen molar-refractivity contribution in [1.29, 1.82) is 0 Å². The summed E-state index contributed by atoms with van der Waals surface area (Å²) in [6.45, 7) is 2.04. The van der Waals surface area contributed by atoms with Gasteiger partial charge in [0.05, 0.1) is 6.61 Å². The average Bonchev–Trinajstić information content (AvgIpc) is 2.48. The number of ether oxygens (including phenoxy) is 1. The summed E-state index contributed by atoms with van der Waals surface area (Å²) in [6.07, 6.45) is 3.64. The van der Waals surface area contributed by atoms with Crippen molar-refractivity contribution in [3.63, 3.8) is 0 Å². The zero-order valence-corrected chi connectivity index (χ0v) is 11.8. The molecule has 0 aliphatic carbocycles. The molecule has 1 aromatic heterocycles. The summed E-state index contributed by atoms with van der Waals surface area (Å²) in [5.74, 6) is -0.667. The minimum absolute atomic E-state index is 0.240. The number of rotatable bonds is 7. The summed E-state index contributed by atoms with van der Waals surface area (Å²) in [4.78, 5) is 8.39. The van der Waals surface area contributed by atoms with Crippen molar-refractivity contribution in [2.75, 3.05) is 20.3 Å². The minimum Gasteiger partial charge on any atom is -0.383 e. The lowest BCUT2D eigenvalue weighted by atomic mass is 10.1. The van der Waals surface area contributed by atoms with Crippen LogP contribution in [0.2, 0.25) is 0 Å². The van der Waals surface area contributed by atoms with E-state index in [0.29, 0.717) is 24.5 Å². The fourth-order valence-corrected chi connectivity index (χ4v) is 1.81. The molecule has 0 unspecified atom stereocenters. The van der Waals surface area contributed by atoms with E-state index in [-0.39, 0.29) is 6.42 Å². The normalized spacial score (nSPS) is 10.8. The van der Waals surface area contributed by atoms with Gasteiger partial charge in [-0.2, -0.15) is 0 Å². The molecule has 6 heteroatoms. The summed E-state index contributed by atoms with van der Waals surface area (Å²) in [5.41, 5.74) is 1.32. The van der Waals surface area contributed by atoms with Crippen molar-refractivity contribution in [2.24, 2.45) is 0 Å². The lowest BCUT2D eigenvalue weighted by Crippen LogP contribution is -2.18. The molecule has 0 saturated carbocycles. The maximum atomic E-state index is 13.5. The Bertz CT molecular complexity index is 576. The van der Waals surface area contributed by atoms with Crippen LogP contribution in [0.4, 0.5) is 8.78 Å². The predicted octanol–water partition coefficient (Wildman–Crippen LogP) is 2.08. The molecule has 0 fully saturated rings. The first kappa shape index (κ1) is 15.5. The SMILES string of the molecule is COCCNCc1cnc(Cc2ccc(F)cc2F)nc1. The Morgan fingerprint density at radius 2 is 1.95 bits per heavy atom. The maximum absolute atomic E-state index is 13.5. The van der Waals surface area contributed by atoms with E-state index in [1.165, 1.54) is 12.1 Å². The molecule has 0 aliphatic rings. The van der Waals surface area contributed by atoms with Crippen molar-refractivity contribution < 1.29 is 13.5 Å². The number of hydrogen-bond donors (Lipinski definition) is 1. The minimum atomic E-state index is -0.588. The highest BCUT2D eigenvalue weighted by Gasteiger charge is 2.06. The fourth-order valence-electron chi connectivity index (χ4n) is 1.81. The Labute approximate surface area is 122 Å². The van der Waals surface area contributed by atoms with Gasteiger partial charge in [-0.1, -0.05) is 6.07 Å². The van der Waals surface area contributed by atoms with Crippen LogP contribution in [0.1, 0.15) is 17.0 Å². The number of methoxy groups -OCH3 is 1. The number of hydrogen-bond acceptors (Lipinski definition) is 4. The van der Waals surface area contributed by atoms with Crippen LogP contribution in [0.25, 0.3) is 0 Å². The first-order valence-corrected chi connectivity index (χ1v) is 6.62. The van der Waals surface area contributed by atoms with Crippen LogP contribution in [0.5, 0.6) is 0 Å². The Balaban J connectivity index is 1.92. The zero-order valence-electron chi connectivity index (χ0n) is 11.8. The molecule has 0 atom stereocenters. The van der Waals surface area contributed by atoms with E-state index in [1.54, 1.807) is 19.5 Å². The molecule has 0 spiro atoms. The standard InChI is InChI=1S/C15H17F2N3O/c1-21-5-4-18-8-11-9-19-15(20-10-11)6-12-2-3-13(16)7-14(12)17/h2-3,7,9-10,18H,4-6,8H2,1H3. The smallest absolute Gasteiger partial charge is 0.132 e. The van der Waals surface area contributed by atoms with Gasteiger partial charge in [0.15, 0.2) is 0 Å². The fraction of sp³-hybridized carbons (Fsp3) is 0.333. The van der Waals surface area contributed by atoms with Crippen LogP contribution in [-0.2, 0) is 17.7 Å². The highest BCUT2D eigenvalue weighted by Crippen LogP contribution is 2.12. The first-order valence-electron chi connectivity index (χ1n) is 6.62. The van der Waals surface area contributed by atoms with E-state index in [0.717, 1.165) is 18.2 Å². The van der Waals surface area contributed by atoms with Gasteiger partial charge in [-0.25, -0.2) is 18.7 Å². The molecule has 1 aromatic carbocycles. The second kappa shape index (κ2) is 7.75. The van der Waals surface area contributed by atoms with Gasteiger partial charge in [-0.15, -0.1) is 0 Å². The molecule has 0 amide bonds. The Morgan fingerprint density at radius 3 is 2.62 bits per heavy atom. The van der Waals surface area contributed by atoms with Crippen molar-refractivity contribution in [2.45, 2.75) is 13.0 Å². The van der Waals surface area contributed by atoms with E-state index in [1.807, 2.05) is 0 Å². The highest BCUT2D eigenvalue weighted by molar-refractivity contribution is 5.22. The topological polar surface area (TPSA) is 47.0 Å². The molecule has 4 nitrogen and oxygen atoms in total. The van der Waals surface area contributed by atoms with E-state index >= 15 is 0 Å². The van der Waals surface area contributed by atoms with Crippen LogP contribution < -0.4 is 5.32 Å². The van der Waals surface area contributed by atoms with E-state index in [4.69, 9.17) is 4.74 Å². The van der Waals surface area contributed by atoms with Crippen molar-refractivity contribution >= 4 is 0 Å². The summed E-state index contributed by atoms with van der Waals surface area (Å²) >= 11 is 0. The Kier molecular flexibility index (Phi) is 5.71. The number of halogens is 2. The van der Waals surface area contributed by atoms with Crippen molar-refractivity contribution in [1.82, 2.24) is 15.3 Å². The third-order valence-corrected chi connectivity index (χ3v) is 2.93. The number of benzene rings is 1. The lowest BCUT2D eigenvalue weighted by Gasteiger charge is -2.05. The van der Waals surface area contributed by atoms with Gasteiger partial charge in [0.2, 0.25) is 0 Å². The van der Waals surface area contributed by atoms with Gasteiger partial charge in [-0.05, 0) is 11.6 Å². The largest absolute Gasteiger partial charge is 0.383 e. The predicted molar refractivity (Wildman–Crippen MR) is 74.8 cm³/mol. The third kappa shape index (κ3) is 4.84. The molecule has 2 aromatic rings. The van der Waals surface area contributed by atoms with E-state index in [2.05, 4.69) is 15.3 Å². The molecule has 2 rings (SSSR count). The second-order valence-corrected chi connectivity index (χ2v) is 4.59. The molecule has 1 heterocycles. The summed E-state index contributed by atoms with van der Waals surface area (Å²) in [6, 6.07) is 3.50. The van der Waals surface area contributed by atoms with Gasteiger partial charge in [-0.3, -0.25) is 0 Å². The first-order chi connectivity index (χ1) is 10.2. The number of aromatic nitrogens is 2. The third-order valence-electron chi connectivity index (χ3n) is 2.93. The van der Waals surface area contributed by atoms with E-state index < -0.39 is 11.6 Å². The van der Waals surface area contributed by atoms with Gasteiger partial charge >= 0.3 is 0 Å². The number of nitrogens with zero attached hydrogens (tertiary/aromatic N) is 2. The quantitative estimate of drug-likeness (QED) is 0.794. The molecule has 0 saturated heterocycles. The second-order valence-electron chi connectivity index (χ2n) is 4.59. The molecular formula is C15H17F2N3O. The Morgan fingerprint density at radius 1 is 1.19 bits per heavy atom. The van der Waals surface area contributed by atoms with Crippen molar-refractivity contribution in [3.8, 4) is 0 Å². The Hall–Kier alpha value is -1.92. The van der Waals surface area contributed by atoms with Crippen LogP contribution in [0.15, 0.2) is 30.6 Å². The van der Waals surface area contributed by atoms with Crippen LogP contribution in [0.3, 0.4) is 0 Å². The molecule has 112 valence electrons. The lowest BCUT2D eigenvalue weighted by molar-refractivity contribution is 0.199. The summed E-state index contributed by atoms with van der Waals surface area (Å²) < 4.78 is 31.3. The van der Waals surface area contributed by atoms with Gasteiger partial charge < -0.3 is 10.1 Å². The van der Waals surface area contributed by atoms with E-state index in [9.17, 15) is 8.78 Å². The van der Waals surface area contributed by atoms with Crippen LogP contribution >= 0.6 is 0 Å². The highest BCUT2D eigenvalue weighted by atomic mass is 19.1. The summed E-state index contributed by atoms with van der Waals surface area (Å²) in [7, 11) is 1.65. The number of nitrogens with one attached hydrogen (secondary N) is 1. The average molecular weight is 293 g/mol. The van der Waals surface area contributed by atoms with Crippen LogP contribution in [-0.4, -0.2) is 30.2 Å². The van der Waals surface area contributed by atoms with Gasteiger partial charge in [0.25, 0.3) is 0 Å². The molecule has 1 N–H and O–H groups in total. The van der Waals surface area contributed by atoms with Gasteiger partial charge in [0.1, 0.15) is 17.5 Å². The molecule has 21 heavy (non-hydrogen) atoms. The van der Waals surface area contributed by atoms with Crippen molar-refractivity contribution in [3.05, 3.63) is 59.2 Å². The molecule has 0 aliphatic heterocycles. The molecular weight excluding hydrogens is 276 g/mol. The molecule has 0 radical (unpaired) electrons. The molecule has 0 bridgehead atoms. The van der Waals surface area contributed by atoms with Crippen LogP contribution in [0, 0.1) is 11.6 Å². The summed E-state index contributed by atoms with van der Waals surface area (Å²) in [5, 5.41) is 3.18. The zero-order chi connectivity index (χ0) is 15.1. The van der Waals surface area contributed by atoms with Gasteiger partial charge in [0, 0.05) is 50.6 Å². The monoisotopic (exact) mass is 293 g/mol. The maximum Gasteiger partial charge on any atom is 0.132 e.